The summed E-state index contributed by atoms with van der Waals surface area (Å²) in [6.45, 7) is 0. The van der Waals surface area contributed by atoms with E-state index in [-0.39, 0.29) is 6.42 Å². The Labute approximate surface area is 87.4 Å². The Morgan fingerprint density at radius 2 is 2.36 bits per heavy atom. The molecule has 0 aliphatic heterocycles. The second-order valence-electron chi connectivity index (χ2n) is 2.70. The average molecular weight is 206 g/mol. The van der Waals surface area contributed by atoms with Crippen LogP contribution < -0.4 is 0 Å². The number of nitrogens with zero attached hydrogens (tertiary/aromatic N) is 1. The van der Waals surface area contributed by atoms with Gasteiger partial charge in [-0.25, -0.2) is 0 Å². The first-order valence-corrected chi connectivity index (χ1v) is 4.45. The van der Waals surface area contributed by atoms with Crippen LogP contribution >= 0.6 is 11.6 Å². The molecule has 0 radical (unpaired) electrons. The molecule has 0 saturated carbocycles. The van der Waals surface area contributed by atoms with E-state index in [1.165, 1.54) is 0 Å². The average Bonchev–Trinajstić information content (AvgIpc) is 2.18. The Bertz CT molecular complexity index is 404. The number of allylic oxidation sites excluding steroid dienone is 1. The number of rotatable bonds is 3. The topological polar surface area (TPSA) is 40.9 Å². The van der Waals surface area contributed by atoms with Gasteiger partial charge in [0.1, 0.15) is 0 Å². The molecular formula is C11H8ClNO. The lowest BCUT2D eigenvalue weighted by atomic mass is 10.1. The van der Waals surface area contributed by atoms with Gasteiger partial charge in [-0.3, -0.25) is 4.79 Å². The maximum absolute atomic E-state index is 10.4. The van der Waals surface area contributed by atoms with Crippen LogP contribution in [0.3, 0.4) is 0 Å². The molecule has 0 aliphatic rings. The summed E-state index contributed by atoms with van der Waals surface area (Å²) in [6.07, 6.45) is 3.64. The minimum Gasteiger partial charge on any atom is -0.281 e. The summed E-state index contributed by atoms with van der Waals surface area (Å²) in [7, 11) is 0. The fraction of sp³-hybridized carbons (Fsp3) is 0.0909. The van der Waals surface area contributed by atoms with Gasteiger partial charge >= 0.3 is 0 Å². The highest BCUT2D eigenvalue weighted by atomic mass is 35.5. The molecule has 1 aromatic rings. The van der Waals surface area contributed by atoms with E-state index in [0.717, 1.165) is 5.56 Å². The fourth-order valence-corrected chi connectivity index (χ4v) is 1.09. The summed E-state index contributed by atoms with van der Waals surface area (Å²) >= 11 is 5.16. The van der Waals surface area contributed by atoms with Crippen molar-refractivity contribution in [3.63, 3.8) is 0 Å². The maximum Gasteiger partial charge on any atom is 0.225 e. The highest BCUT2D eigenvalue weighted by Gasteiger charge is 1.92. The van der Waals surface area contributed by atoms with Crippen molar-refractivity contribution in [2.24, 2.45) is 0 Å². The highest BCUT2D eigenvalue weighted by Crippen LogP contribution is 2.06. The first-order chi connectivity index (χ1) is 6.72. The Morgan fingerprint density at radius 1 is 1.57 bits per heavy atom. The van der Waals surface area contributed by atoms with Crippen LogP contribution in [-0.4, -0.2) is 5.24 Å². The molecule has 3 heteroatoms. The van der Waals surface area contributed by atoms with Crippen LogP contribution in [0.4, 0.5) is 0 Å². The molecular weight excluding hydrogens is 198 g/mol. The highest BCUT2D eigenvalue weighted by molar-refractivity contribution is 6.63. The molecule has 1 aromatic carbocycles. The van der Waals surface area contributed by atoms with Crippen molar-refractivity contribution in [1.29, 1.82) is 5.26 Å². The Kier molecular flexibility index (Phi) is 3.90. The minimum atomic E-state index is -0.391. The molecule has 0 spiro atoms. The molecule has 0 N–H and O–H groups in total. The van der Waals surface area contributed by atoms with Crippen molar-refractivity contribution in [1.82, 2.24) is 0 Å². The van der Waals surface area contributed by atoms with Crippen LogP contribution in [-0.2, 0) is 4.79 Å². The van der Waals surface area contributed by atoms with E-state index in [1.54, 1.807) is 30.4 Å². The van der Waals surface area contributed by atoms with Crippen molar-refractivity contribution in [2.45, 2.75) is 6.42 Å². The molecule has 1 rings (SSSR count). The van der Waals surface area contributed by atoms with Crippen molar-refractivity contribution < 1.29 is 4.79 Å². The zero-order valence-corrected chi connectivity index (χ0v) is 8.16. The minimum absolute atomic E-state index is 0.207. The van der Waals surface area contributed by atoms with E-state index in [4.69, 9.17) is 16.9 Å². The molecule has 0 saturated heterocycles. The number of hydrogen-bond donors (Lipinski definition) is 0. The van der Waals surface area contributed by atoms with Crippen LogP contribution in [0.5, 0.6) is 0 Å². The Balaban J connectivity index is 2.72. The van der Waals surface area contributed by atoms with E-state index < -0.39 is 5.24 Å². The van der Waals surface area contributed by atoms with Crippen LogP contribution in [0.15, 0.2) is 30.3 Å². The zero-order chi connectivity index (χ0) is 10.4. The van der Waals surface area contributed by atoms with E-state index >= 15 is 0 Å². The monoisotopic (exact) mass is 205 g/mol. The third-order valence-corrected chi connectivity index (χ3v) is 1.76. The molecule has 0 bridgehead atoms. The number of benzene rings is 1. The summed E-state index contributed by atoms with van der Waals surface area (Å²) in [6, 6.07) is 9.16. The summed E-state index contributed by atoms with van der Waals surface area (Å²) < 4.78 is 0. The molecule has 2 nitrogen and oxygen atoms in total. The number of hydrogen-bond acceptors (Lipinski definition) is 2. The maximum atomic E-state index is 10.4. The molecule has 0 heterocycles. The fourth-order valence-electron chi connectivity index (χ4n) is 1.000. The molecule has 0 aromatic heterocycles. The van der Waals surface area contributed by atoms with Crippen LogP contribution in [0, 0.1) is 11.3 Å². The molecule has 0 fully saturated rings. The van der Waals surface area contributed by atoms with Crippen molar-refractivity contribution in [3.8, 4) is 6.07 Å². The first-order valence-electron chi connectivity index (χ1n) is 4.07. The lowest BCUT2D eigenvalue weighted by molar-refractivity contribution is -0.110. The van der Waals surface area contributed by atoms with Crippen LogP contribution in [0.25, 0.3) is 6.08 Å². The van der Waals surface area contributed by atoms with Crippen molar-refractivity contribution in [2.75, 3.05) is 0 Å². The van der Waals surface area contributed by atoms with Crippen molar-refractivity contribution in [3.05, 3.63) is 41.5 Å². The van der Waals surface area contributed by atoms with E-state index in [0.29, 0.717) is 5.56 Å². The van der Waals surface area contributed by atoms with Gasteiger partial charge in [-0.2, -0.15) is 5.26 Å². The Hall–Kier alpha value is -1.59. The zero-order valence-electron chi connectivity index (χ0n) is 7.40. The largest absolute Gasteiger partial charge is 0.281 e. The quantitative estimate of drug-likeness (QED) is 0.712. The van der Waals surface area contributed by atoms with Crippen molar-refractivity contribution >= 4 is 22.9 Å². The summed E-state index contributed by atoms with van der Waals surface area (Å²) in [5, 5.41) is 8.24. The summed E-state index contributed by atoms with van der Waals surface area (Å²) in [5.74, 6) is 0. The van der Waals surface area contributed by atoms with Gasteiger partial charge in [-0.15, -0.1) is 0 Å². The van der Waals surface area contributed by atoms with Gasteiger partial charge in [0.25, 0.3) is 0 Å². The van der Waals surface area contributed by atoms with E-state index in [1.807, 2.05) is 12.1 Å². The second-order valence-corrected chi connectivity index (χ2v) is 3.12. The number of carbonyl (C=O) groups is 1. The normalized spacial score (nSPS) is 10.0. The number of nitriles is 1. The molecule has 14 heavy (non-hydrogen) atoms. The van der Waals surface area contributed by atoms with Gasteiger partial charge in [0.15, 0.2) is 0 Å². The molecule has 70 valence electrons. The van der Waals surface area contributed by atoms with Gasteiger partial charge in [0.05, 0.1) is 11.6 Å². The molecule has 0 atom stereocenters. The van der Waals surface area contributed by atoms with Gasteiger partial charge in [-0.05, 0) is 29.3 Å². The third-order valence-electron chi connectivity index (χ3n) is 1.60. The smallest absolute Gasteiger partial charge is 0.225 e. The lowest BCUT2D eigenvalue weighted by Gasteiger charge is -1.92. The van der Waals surface area contributed by atoms with E-state index in [2.05, 4.69) is 0 Å². The SMILES string of the molecule is N#Cc1cccc(/C=C/CC(=O)Cl)c1. The van der Waals surface area contributed by atoms with Gasteiger partial charge in [0, 0.05) is 6.42 Å². The first kappa shape index (κ1) is 10.5. The Morgan fingerprint density at radius 3 is 3.00 bits per heavy atom. The molecule has 0 aliphatic carbocycles. The van der Waals surface area contributed by atoms with Gasteiger partial charge in [0.2, 0.25) is 5.24 Å². The van der Waals surface area contributed by atoms with Gasteiger partial charge < -0.3 is 0 Å². The lowest BCUT2D eigenvalue weighted by Crippen LogP contribution is -1.80. The molecule has 0 unspecified atom stereocenters. The van der Waals surface area contributed by atoms with Crippen LogP contribution in [0.1, 0.15) is 17.5 Å². The summed E-state index contributed by atoms with van der Waals surface area (Å²) in [5.41, 5.74) is 1.49. The van der Waals surface area contributed by atoms with E-state index in [9.17, 15) is 4.79 Å². The standard InChI is InChI=1S/C11H8ClNO/c12-11(14)6-2-4-9-3-1-5-10(7-9)8-13/h1-5,7H,6H2/b4-2+. The molecule has 0 amide bonds. The summed E-state index contributed by atoms with van der Waals surface area (Å²) in [4.78, 5) is 10.4. The predicted molar refractivity (Wildman–Crippen MR) is 55.7 cm³/mol. The van der Waals surface area contributed by atoms with Gasteiger partial charge in [-0.1, -0.05) is 24.3 Å². The number of carbonyl (C=O) groups excluding carboxylic acids is 1. The third kappa shape index (κ3) is 3.42. The predicted octanol–water partition coefficient (Wildman–Crippen LogP) is 2.73. The van der Waals surface area contributed by atoms with Crippen LogP contribution in [0.2, 0.25) is 0 Å². The second kappa shape index (κ2) is 5.21. The number of halogens is 1.